The van der Waals surface area contributed by atoms with E-state index in [0.29, 0.717) is 0 Å². The van der Waals surface area contributed by atoms with Gasteiger partial charge in [-0.3, -0.25) is 0 Å². The van der Waals surface area contributed by atoms with Crippen LogP contribution in [0.2, 0.25) is 0 Å². The van der Waals surface area contributed by atoms with Crippen LogP contribution >= 0.6 is 38.5 Å². The van der Waals surface area contributed by atoms with E-state index in [9.17, 15) is 18.0 Å². The monoisotopic (exact) mass is 439 g/mol. The first-order valence-electron chi connectivity index (χ1n) is 4.37. The predicted octanol–water partition coefficient (Wildman–Crippen LogP) is 3.27. The normalized spacial score (nSPS) is 11.2. The van der Waals surface area contributed by atoms with Gasteiger partial charge in [0.2, 0.25) is 0 Å². The Hall–Kier alpha value is -0.580. The van der Waals surface area contributed by atoms with Gasteiger partial charge in [0.1, 0.15) is 9.26 Å². The molecule has 1 aromatic heterocycles. The Morgan fingerprint density at radius 1 is 1.56 bits per heavy atom. The molecule has 0 saturated heterocycles. The summed E-state index contributed by atoms with van der Waals surface area (Å²) in [6, 6.07) is 0. The molecule has 1 aromatic rings. The van der Waals surface area contributed by atoms with Gasteiger partial charge >= 0.3 is 12.3 Å². The molecule has 9 heteroatoms. The van der Waals surface area contributed by atoms with Gasteiger partial charge in [-0.25, -0.2) is 9.78 Å². The summed E-state index contributed by atoms with van der Waals surface area (Å²) < 4.78 is 45.1. The second-order valence-corrected chi connectivity index (χ2v) is 4.53. The molecule has 4 nitrogen and oxygen atoms in total. The van der Waals surface area contributed by atoms with E-state index in [0.717, 1.165) is 7.11 Å². The molecule has 0 spiro atoms. The van der Waals surface area contributed by atoms with Gasteiger partial charge in [0, 0.05) is 11.5 Å². The van der Waals surface area contributed by atoms with E-state index in [1.165, 1.54) is 6.20 Å². The van der Waals surface area contributed by atoms with Crippen molar-refractivity contribution in [3.8, 4) is 5.75 Å². The summed E-state index contributed by atoms with van der Waals surface area (Å²) in [6.07, 6.45) is -3.62. The van der Waals surface area contributed by atoms with Crippen LogP contribution in [0.4, 0.5) is 13.2 Å². The molecule has 18 heavy (non-hydrogen) atoms. The van der Waals surface area contributed by atoms with Gasteiger partial charge in [-0.2, -0.15) is 0 Å². The molecule has 0 atom stereocenters. The van der Waals surface area contributed by atoms with E-state index in [1.54, 1.807) is 22.6 Å². The molecule has 0 aliphatic carbocycles. The average Bonchev–Trinajstić information content (AvgIpc) is 2.29. The zero-order chi connectivity index (χ0) is 13.9. The fourth-order valence-electron chi connectivity index (χ4n) is 1.14. The molecular weight excluding hydrogens is 434 g/mol. The van der Waals surface area contributed by atoms with Crippen molar-refractivity contribution >= 4 is 44.5 Å². The molecule has 0 bridgehead atoms. The lowest BCUT2D eigenvalue weighted by Gasteiger charge is -2.15. The van der Waals surface area contributed by atoms with Gasteiger partial charge < -0.3 is 9.47 Å². The summed E-state index contributed by atoms with van der Waals surface area (Å²) in [7, 11) is 1.07. The summed E-state index contributed by atoms with van der Waals surface area (Å²) in [4.78, 5) is 15.3. The summed E-state index contributed by atoms with van der Waals surface area (Å²) in [5, 5.41) is 0.148. The van der Waals surface area contributed by atoms with Crippen LogP contribution in [-0.4, -0.2) is 24.4 Å². The molecule has 0 amide bonds. The Morgan fingerprint density at radius 2 is 2.17 bits per heavy atom. The number of alkyl halides is 4. The zero-order valence-electron chi connectivity index (χ0n) is 8.85. The maximum absolute atomic E-state index is 12.3. The van der Waals surface area contributed by atoms with Crippen LogP contribution in [0.25, 0.3) is 0 Å². The van der Waals surface area contributed by atoms with E-state index in [1.807, 2.05) is 0 Å². The van der Waals surface area contributed by atoms with Crippen LogP contribution in [0.15, 0.2) is 6.20 Å². The molecular formula is C9H6BrF3INO3. The summed E-state index contributed by atoms with van der Waals surface area (Å²) in [5.41, 5.74) is -0.0346. The molecule has 0 fully saturated rings. The number of carbonyl (C=O) groups is 1. The Labute approximate surface area is 122 Å². The molecule has 1 rings (SSSR count). The maximum Gasteiger partial charge on any atom is 0.573 e. The lowest BCUT2D eigenvalue weighted by molar-refractivity contribution is -0.275. The molecule has 0 saturated carbocycles. The lowest BCUT2D eigenvalue weighted by Crippen LogP contribution is -2.21. The van der Waals surface area contributed by atoms with Crippen molar-refractivity contribution in [2.75, 3.05) is 7.11 Å². The Balaban J connectivity index is 3.41. The van der Waals surface area contributed by atoms with Crippen LogP contribution in [0.5, 0.6) is 5.75 Å². The molecule has 0 N–H and O–H groups in total. The molecule has 1 heterocycles. The zero-order valence-corrected chi connectivity index (χ0v) is 12.6. The van der Waals surface area contributed by atoms with E-state index in [-0.39, 0.29) is 20.2 Å². The minimum absolute atomic E-state index is 0.0741. The second kappa shape index (κ2) is 6.04. The standard InChI is InChI=1S/C9H6BrF3INO3/c1-17-8(16)5-4(2-10)3-15-7(14)6(5)18-9(11,12)13/h3H,2H2,1H3. The topological polar surface area (TPSA) is 48.4 Å². The van der Waals surface area contributed by atoms with Crippen molar-refractivity contribution < 1.29 is 27.4 Å². The third-order valence-corrected chi connectivity index (χ3v) is 3.19. The number of methoxy groups -OCH3 is 1. The van der Waals surface area contributed by atoms with E-state index in [4.69, 9.17) is 0 Å². The number of hydrogen-bond acceptors (Lipinski definition) is 4. The highest BCUT2D eigenvalue weighted by atomic mass is 127. The molecule has 100 valence electrons. The molecule has 0 aromatic carbocycles. The van der Waals surface area contributed by atoms with Crippen LogP contribution in [0.1, 0.15) is 15.9 Å². The van der Waals surface area contributed by atoms with Crippen LogP contribution < -0.4 is 4.74 Å². The number of rotatable bonds is 3. The average molecular weight is 440 g/mol. The fraction of sp³-hybridized carbons (Fsp3) is 0.333. The summed E-state index contributed by atoms with van der Waals surface area (Å²) in [5.74, 6) is -1.56. The number of hydrogen-bond donors (Lipinski definition) is 0. The van der Waals surface area contributed by atoms with Gasteiger partial charge in [0.25, 0.3) is 0 Å². The fourth-order valence-corrected chi connectivity index (χ4v) is 2.09. The third kappa shape index (κ3) is 3.70. The highest BCUT2D eigenvalue weighted by Gasteiger charge is 2.35. The minimum Gasteiger partial charge on any atom is -0.465 e. The molecule has 0 radical (unpaired) electrons. The summed E-state index contributed by atoms with van der Waals surface area (Å²) in [6.45, 7) is 0. The number of ether oxygens (including phenoxy) is 2. The number of halogens is 5. The third-order valence-electron chi connectivity index (χ3n) is 1.82. The molecule has 0 unspecified atom stereocenters. The molecule has 0 aliphatic heterocycles. The maximum atomic E-state index is 12.3. The van der Waals surface area contributed by atoms with E-state index < -0.39 is 18.1 Å². The SMILES string of the molecule is COC(=O)c1c(CBr)cnc(I)c1OC(F)(F)F. The number of esters is 1. The van der Waals surface area contributed by atoms with Crippen LogP contribution in [-0.2, 0) is 10.1 Å². The number of nitrogens with zero attached hydrogens (tertiary/aromatic N) is 1. The van der Waals surface area contributed by atoms with Crippen LogP contribution in [0.3, 0.4) is 0 Å². The Morgan fingerprint density at radius 3 is 2.61 bits per heavy atom. The largest absolute Gasteiger partial charge is 0.573 e. The van der Waals surface area contributed by atoms with Crippen molar-refractivity contribution in [1.29, 1.82) is 0 Å². The number of aromatic nitrogens is 1. The first-order valence-corrected chi connectivity index (χ1v) is 6.57. The number of pyridine rings is 1. The van der Waals surface area contributed by atoms with Crippen LogP contribution in [0, 0.1) is 3.70 Å². The first kappa shape index (κ1) is 15.5. The van der Waals surface area contributed by atoms with Crippen molar-refractivity contribution in [3.63, 3.8) is 0 Å². The smallest absolute Gasteiger partial charge is 0.465 e. The highest BCUT2D eigenvalue weighted by molar-refractivity contribution is 14.1. The Bertz CT molecular complexity index is 467. The highest BCUT2D eigenvalue weighted by Crippen LogP contribution is 2.33. The van der Waals surface area contributed by atoms with Gasteiger partial charge in [-0.1, -0.05) is 15.9 Å². The van der Waals surface area contributed by atoms with Crippen molar-refractivity contribution in [3.05, 3.63) is 21.0 Å². The van der Waals surface area contributed by atoms with Crippen molar-refractivity contribution in [2.24, 2.45) is 0 Å². The van der Waals surface area contributed by atoms with Crippen molar-refractivity contribution in [1.82, 2.24) is 4.98 Å². The van der Waals surface area contributed by atoms with E-state index >= 15 is 0 Å². The van der Waals surface area contributed by atoms with Gasteiger partial charge in [-0.15, -0.1) is 13.2 Å². The van der Waals surface area contributed by atoms with Gasteiger partial charge in [0.05, 0.1) is 7.11 Å². The van der Waals surface area contributed by atoms with Gasteiger partial charge in [0.15, 0.2) is 5.75 Å². The van der Waals surface area contributed by atoms with E-state index in [2.05, 4.69) is 30.4 Å². The van der Waals surface area contributed by atoms with Crippen molar-refractivity contribution in [2.45, 2.75) is 11.7 Å². The first-order chi connectivity index (χ1) is 8.30. The van der Waals surface area contributed by atoms with Gasteiger partial charge in [-0.05, 0) is 28.2 Å². The second-order valence-electron chi connectivity index (χ2n) is 2.95. The predicted molar refractivity (Wildman–Crippen MR) is 67.6 cm³/mol. The molecule has 0 aliphatic rings. The Kier molecular flexibility index (Phi) is 5.20. The summed E-state index contributed by atoms with van der Waals surface area (Å²) >= 11 is 4.61. The number of carbonyl (C=O) groups excluding carboxylic acids is 1. The quantitative estimate of drug-likeness (QED) is 0.314. The minimum atomic E-state index is -4.91. The lowest BCUT2D eigenvalue weighted by atomic mass is 10.1.